The van der Waals surface area contributed by atoms with Crippen LogP contribution in [0.2, 0.25) is 0 Å². The van der Waals surface area contributed by atoms with Crippen molar-refractivity contribution in [3.05, 3.63) is 35.9 Å². The van der Waals surface area contributed by atoms with Crippen LogP contribution in [0.1, 0.15) is 38.2 Å². The van der Waals surface area contributed by atoms with Crippen LogP contribution in [-0.2, 0) is 11.2 Å². The Morgan fingerprint density at radius 2 is 1.90 bits per heavy atom. The van der Waals surface area contributed by atoms with Crippen LogP contribution in [0.3, 0.4) is 0 Å². The summed E-state index contributed by atoms with van der Waals surface area (Å²) in [5, 5.41) is 9.99. The van der Waals surface area contributed by atoms with Crippen LogP contribution >= 0.6 is 0 Å². The molecule has 5 nitrogen and oxygen atoms in total. The van der Waals surface area contributed by atoms with Crippen molar-refractivity contribution in [1.29, 1.82) is 0 Å². The van der Waals surface area contributed by atoms with Crippen molar-refractivity contribution >= 4 is 12.0 Å². The van der Waals surface area contributed by atoms with Crippen molar-refractivity contribution in [3.8, 4) is 0 Å². The molecule has 2 amide bonds. The second-order valence-corrected chi connectivity index (χ2v) is 4.66. The maximum absolute atomic E-state index is 11.7. The molecule has 20 heavy (non-hydrogen) atoms. The van der Waals surface area contributed by atoms with E-state index in [1.54, 1.807) is 0 Å². The standard InChI is InChI=1S/C15H22N2O3/c1-2-3-7-12-17(15(19)20)16-14(18)11-10-13-8-5-4-6-9-13/h4-6,8-9H,2-3,7,10-12H2,1H3,(H,16,18)(H,19,20). The minimum atomic E-state index is -1.12. The molecule has 0 fully saturated rings. The van der Waals surface area contributed by atoms with Crippen molar-refractivity contribution in [2.24, 2.45) is 0 Å². The van der Waals surface area contributed by atoms with Crippen LogP contribution < -0.4 is 5.43 Å². The molecule has 0 bridgehead atoms. The molecule has 0 saturated heterocycles. The van der Waals surface area contributed by atoms with Gasteiger partial charge in [0.05, 0.1) is 0 Å². The Hall–Kier alpha value is -2.04. The van der Waals surface area contributed by atoms with E-state index in [1.807, 2.05) is 37.3 Å². The monoisotopic (exact) mass is 278 g/mol. The van der Waals surface area contributed by atoms with Crippen LogP contribution in [0.4, 0.5) is 4.79 Å². The van der Waals surface area contributed by atoms with Gasteiger partial charge in [0.25, 0.3) is 0 Å². The fraction of sp³-hybridized carbons (Fsp3) is 0.467. The SMILES string of the molecule is CCCCCN(NC(=O)CCc1ccccc1)C(=O)O. The first kappa shape index (κ1) is 16.0. The highest BCUT2D eigenvalue weighted by atomic mass is 16.4. The Labute approximate surface area is 119 Å². The summed E-state index contributed by atoms with van der Waals surface area (Å²) in [6.07, 6.45) is 2.48. The fourth-order valence-corrected chi connectivity index (χ4v) is 1.83. The Bertz CT molecular complexity index is 420. The molecule has 0 unspecified atom stereocenters. The molecule has 0 spiro atoms. The first-order valence-corrected chi connectivity index (χ1v) is 6.97. The van der Waals surface area contributed by atoms with Gasteiger partial charge in [0.2, 0.25) is 5.91 Å². The Morgan fingerprint density at radius 1 is 1.20 bits per heavy atom. The Kier molecular flexibility index (Phi) is 7.17. The predicted octanol–water partition coefficient (Wildman–Crippen LogP) is 2.82. The van der Waals surface area contributed by atoms with Gasteiger partial charge >= 0.3 is 6.09 Å². The second kappa shape index (κ2) is 8.96. The smallest absolute Gasteiger partial charge is 0.426 e. The van der Waals surface area contributed by atoms with Crippen LogP contribution in [0.25, 0.3) is 0 Å². The van der Waals surface area contributed by atoms with Crippen LogP contribution in [0.5, 0.6) is 0 Å². The number of aryl methyl sites for hydroxylation is 1. The van der Waals surface area contributed by atoms with Crippen molar-refractivity contribution in [2.45, 2.75) is 39.0 Å². The predicted molar refractivity (Wildman–Crippen MR) is 77.2 cm³/mol. The molecule has 0 saturated carbocycles. The second-order valence-electron chi connectivity index (χ2n) is 4.66. The van der Waals surface area contributed by atoms with Gasteiger partial charge in [-0.1, -0.05) is 50.1 Å². The minimum Gasteiger partial charge on any atom is -0.464 e. The first-order valence-electron chi connectivity index (χ1n) is 6.97. The van der Waals surface area contributed by atoms with E-state index in [0.717, 1.165) is 29.8 Å². The van der Waals surface area contributed by atoms with Gasteiger partial charge in [-0.2, -0.15) is 0 Å². The summed E-state index contributed by atoms with van der Waals surface area (Å²) in [4.78, 5) is 22.8. The summed E-state index contributed by atoms with van der Waals surface area (Å²) in [6.45, 7) is 2.38. The molecule has 0 aliphatic heterocycles. The van der Waals surface area contributed by atoms with Crippen molar-refractivity contribution in [3.63, 3.8) is 0 Å². The number of hydrazine groups is 1. The zero-order chi connectivity index (χ0) is 14.8. The normalized spacial score (nSPS) is 10.1. The van der Waals surface area contributed by atoms with Gasteiger partial charge in [0.15, 0.2) is 0 Å². The zero-order valence-electron chi connectivity index (χ0n) is 11.8. The molecule has 0 heterocycles. The number of hydrogen-bond acceptors (Lipinski definition) is 2. The number of unbranched alkanes of at least 4 members (excludes halogenated alkanes) is 2. The molecule has 0 aromatic heterocycles. The van der Waals surface area contributed by atoms with Crippen molar-refractivity contribution in [1.82, 2.24) is 10.4 Å². The Balaban J connectivity index is 2.36. The molecule has 1 aromatic rings. The number of nitrogens with zero attached hydrogens (tertiary/aromatic N) is 1. The molecule has 2 N–H and O–H groups in total. The van der Waals surface area contributed by atoms with Gasteiger partial charge in [0, 0.05) is 13.0 Å². The maximum atomic E-state index is 11.7. The fourth-order valence-electron chi connectivity index (χ4n) is 1.83. The molecular formula is C15H22N2O3. The van der Waals surface area contributed by atoms with Gasteiger partial charge in [-0.25, -0.2) is 9.80 Å². The highest BCUT2D eigenvalue weighted by Gasteiger charge is 2.14. The molecule has 5 heteroatoms. The summed E-state index contributed by atoms with van der Waals surface area (Å²) in [5.74, 6) is -0.271. The summed E-state index contributed by atoms with van der Waals surface area (Å²) in [5.41, 5.74) is 3.51. The van der Waals surface area contributed by atoms with Crippen LogP contribution in [0, 0.1) is 0 Å². The lowest BCUT2D eigenvalue weighted by molar-refractivity contribution is -0.125. The van der Waals surface area contributed by atoms with Crippen molar-refractivity contribution < 1.29 is 14.7 Å². The number of carbonyl (C=O) groups excluding carboxylic acids is 1. The van der Waals surface area contributed by atoms with E-state index in [0.29, 0.717) is 13.0 Å². The molecule has 0 aliphatic rings. The van der Waals surface area contributed by atoms with Gasteiger partial charge in [0.1, 0.15) is 0 Å². The summed E-state index contributed by atoms with van der Waals surface area (Å²) in [7, 11) is 0. The highest BCUT2D eigenvalue weighted by Crippen LogP contribution is 2.03. The van der Waals surface area contributed by atoms with Gasteiger partial charge in [-0.3, -0.25) is 10.2 Å². The number of benzene rings is 1. The average Bonchev–Trinajstić information content (AvgIpc) is 2.45. The van der Waals surface area contributed by atoms with E-state index in [1.165, 1.54) is 0 Å². The topological polar surface area (TPSA) is 69.6 Å². The molecular weight excluding hydrogens is 256 g/mol. The van der Waals surface area contributed by atoms with Gasteiger partial charge in [-0.15, -0.1) is 0 Å². The van der Waals surface area contributed by atoms with Gasteiger partial charge < -0.3 is 5.11 Å². The maximum Gasteiger partial charge on any atom is 0.426 e. The number of carboxylic acid groups (broad SMARTS) is 1. The first-order chi connectivity index (χ1) is 9.63. The van der Waals surface area contributed by atoms with Crippen molar-refractivity contribution in [2.75, 3.05) is 6.54 Å². The summed E-state index contributed by atoms with van der Waals surface area (Å²) >= 11 is 0. The third kappa shape index (κ3) is 6.22. The average molecular weight is 278 g/mol. The molecule has 1 aromatic carbocycles. The molecule has 1 rings (SSSR count). The van der Waals surface area contributed by atoms with E-state index in [2.05, 4.69) is 5.43 Å². The third-order valence-corrected chi connectivity index (χ3v) is 2.96. The number of nitrogens with one attached hydrogen (secondary N) is 1. The number of amides is 2. The zero-order valence-corrected chi connectivity index (χ0v) is 11.8. The van der Waals surface area contributed by atoms with E-state index in [-0.39, 0.29) is 12.3 Å². The summed E-state index contributed by atoms with van der Waals surface area (Å²) in [6, 6.07) is 9.65. The number of hydrogen-bond donors (Lipinski definition) is 2. The molecule has 110 valence electrons. The minimum absolute atomic E-state index is 0.271. The van der Waals surface area contributed by atoms with E-state index < -0.39 is 6.09 Å². The largest absolute Gasteiger partial charge is 0.464 e. The Morgan fingerprint density at radius 3 is 2.50 bits per heavy atom. The van der Waals surface area contributed by atoms with Crippen LogP contribution in [0.15, 0.2) is 30.3 Å². The molecule has 0 radical (unpaired) electrons. The molecule has 0 atom stereocenters. The molecule has 0 aliphatic carbocycles. The van der Waals surface area contributed by atoms with E-state index in [9.17, 15) is 9.59 Å². The quantitative estimate of drug-likeness (QED) is 0.595. The number of carbonyl (C=O) groups is 2. The lowest BCUT2D eigenvalue weighted by atomic mass is 10.1. The lowest BCUT2D eigenvalue weighted by Crippen LogP contribution is -2.46. The van der Waals surface area contributed by atoms with Gasteiger partial charge in [-0.05, 0) is 18.4 Å². The number of rotatable bonds is 7. The lowest BCUT2D eigenvalue weighted by Gasteiger charge is -2.19. The highest BCUT2D eigenvalue weighted by molar-refractivity contribution is 5.78. The van der Waals surface area contributed by atoms with E-state index >= 15 is 0 Å². The summed E-state index contributed by atoms with van der Waals surface area (Å²) < 4.78 is 0. The van der Waals surface area contributed by atoms with Crippen LogP contribution in [-0.4, -0.2) is 28.7 Å². The third-order valence-electron chi connectivity index (χ3n) is 2.96. The van der Waals surface area contributed by atoms with E-state index in [4.69, 9.17) is 5.11 Å².